The minimum Gasteiger partial charge on any atom is -0.388 e. The topological polar surface area (TPSA) is 42.4 Å². The van der Waals surface area contributed by atoms with Crippen molar-refractivity contribution in [3.8, 4) is 0 Å². The van der Waals surface area contributed by atoms with Crippen LogP contribution in [0, 0.1) is 0 Å². The van der Waals surface area contributed by atoms with Crippen LogP contribution in [0.2, 0.25) is 0 Å². The molecule has 1 rings (SSSR count). The smallest absolute Gasteiger partial charge is 0.0899 e. The summed E-state index contributed by atoms with van der Waals surface area (Å²) >= 11 is 1.49. The summed E-state index contributed by atoms with van der Waals surface area (Å²) < 4.78 is 5.28. The van der Waals surface area contributed by atoms with Gasteiger partial charge in [-0.1, -0.05) is 0 Å². The average molecular weight is 215 g/mol. The van der Waals surface area contributed by atoms with Gasteiger partial charge in [0.2, 0.25) is 0 Å². The van der Waals surface area contributed by atoms with Crippen LogP contribution < -0.4 is 0 Å². The van der Waals surface area contributed by atoms with Crippen LogP contribution in [0.4, 0.5) is 0 Å². The molecule has 1 atom stereocenters. The van der Waals surface area contributed by atoms with Crippen LogP contribution in [0.25, 0.3) is 0 Å². The fraction of sp³-hybridized carbons (Fsp3) is 0.700. The summed E-state index contributed by atoms with van der Waals surface area (Å²) in [6, 6.07) is 0. The van der Waals surface area contributed by atoms with Crippen molar-refractivity contribution in [3.05, 3.63) is 16.6 Å². The molecule has 80 valence electrons. The first-order valence-electron chi connectivity index (χ1n) is 4.67. The molecule has 0 radical (unpaired) electrons. The highest BCUT2D eigenvalue weighted by Crippen LogP contribution is 2.25. The maximum atomic E-state index is 9.78. The monoisotopic (exact) mass is 215 g/mol. The number of hydrogen-bond acceptors (Lipinski definition) is 4. The van der Waals surface area contributed by atoms with Crippen LogP contribution >= 0.6 is 11.3 Å². The molecular weight excluding hydrogens is 198 g/mol. The molecule has 0 fully saturated rings. The van der Waals surface area contributed by atoms with Crippen molar-refractivity contribution >= 4 is 11.3 Å². The van der Waals surface area contributed by atoms with Gasteiger partial charge in [0.05, 0.1) is 22.1 Å². The van der Waals surface area contributed by atoms with Crippen molar-refractivity contribution in [2.24, 2.45) is 0 Å². The molecule has 0 spiro atoms. The van der Waals surface area contributed by atoms with E-state index < -0.39 is 6.10 Å². The zero-order valence-corrected chi connectivity index (χ0v) is 9.67. The van der Waals surface area contributed by atoms with Crippen LogP contribution in [-0.2, 0) is 4.74 Å². The predicted octanol–water partition coefficient (Wildman–Crippen LogP) is 2.38. The lowest BCUT2D eigenvalue weighted by Crippen LogP contribution is -2.22. The van der Waals surface area contributed by atoms with Crippen molar-refractivity contribution in [2.75, 3.05) is 7.11 Å². The van der Waals surface area contributed by atoms with E-state index in [-0.39, 0.29) is 5.60 Å². The number of rotatable bonds is 5. The van der Waals surface area contributed by atoms with Crippen molar-refractivity contribution < 1.29 is 9.84 Å². The Hall–Kier alpha value is -0.450. The van der Waals surface area contributed by atoms with E-state index in [0.29, 0.717) is 6.42 Å². The molecule has 0 saturated carbocycles. The van der Waals surface area contributed by atoms with Gasteiger partial charge in [-0.3, -0.25) is 4.98 Å². The van der Waals surface area contributed by atoms with E-state index in [1.54, 1.807) is 18.8 Å². The van der Waals surface area contributed by atoms with E-state index >= 15 is 0 Å². The molecule has 0 aromatic carbocycles. The normalized spacial score (nSPS) is 14.3. The minimum atomic E-state index is -0.406. The van der Waals surface area contributed by atoms with Crippen LogP contribution in [-0.4, -0.2) is 22.8 Å². The number of methoxy groups -OCH3 is 1. The van der Waals surface area contributed by atoms with Gasteiger partial charge >= 0.3 is 0 Å². The molecule has 4 heteroatoms. The highest BCUT2D eigenvalue weighted by atomic mass is 32.1. The van der Waals surface area contributed by atoms with Gasteiger partial charge in [0, 0.05) is 13.3 Å². The van der Waals surface area contributed by atoms with Gasteiger partial charge in [-0.05, 0) is 26.7 Å². The van der Waals surface area contributed by atoms with E-state index in [2.05, 4.69) is 4.98 Å². The van der Waals surface area contributed by atoms with Crippen LogP contribution in [0.3, 0.4) is 0 Å². The Morgan fingerprint density at radius 1 is 1.64 bits per heavy atom. The van der Waals surface area contributed by atoms with Crippen LogP contribution in [0.1, 0.15) is 37.7 Å². The standard InChI is InChI=1S/C10H17NO2S/c1-10(2,13-3)5-4-8(12)9-6-11-7-14-9/h6-8,12H,4-5H2,1-3H3. The Kier molecular flexibility index (Phi) is 4.04. The second kappa shape index (κ2) is 4.87. The van der Waals surface area contributed by atoms with Crippen molar-refractivity contribution in [1.82, 2.24) is 4.98 Å². The van der Waals surface area contributed by atoms with Gasteiger partial charge in [0.25, 0.3) is 0 Å². The number of thiazole rings is 1. The fourth-order valence-electron chi connectivity index (χ4n) is 1.12. The number of aliphatic hydroxyl groups is 1. The Labute approximate surface area is 88.8 Å². The zero-order chi connectivity index (χ0) is 10.6. The highest BCUT2D eigenvalue weighted by molar-refractivity contribution is 7.09. The first-order chi connectivity index (χ1) is 6.55. The highest BCUT2D eigenvalue weighted by Gasteiger charge is 2.19. The summed E-state index contributed by atoms with van der Waals surface area (Å²) in [5.41, 5.74) is 1.58. The van der Waals surface area contributed by atoms with Gasteiger partial charge in [0.1, 0.15) is 0 Å². The number of nitrogens with zero attached hydrogens (tertiary/aromatic N) is 1. The molecule has 1 aromatic heterocycles. The third-order valence-electron chi connectivity index (χ3n) is 2.35. The molecular formula is C10H17NO2S. The maximum absolute atomic E-state index is 9.78. The Bertz CT molecular complexity index is 259. The number of ether oxygens (including phenoxy) is 1. The molecule has 14 heavy (non-hydrogen) atoms. The minimum absolute atomic E-state index is 0.161. The van der Waals surface area contributed by atoms with E-state index in [4.69, 9.17) is 4.74 Å². The molecule has 0 aliphatic heterocycles. The van der Waals surface area contributed by atoms with E-state index in [1.807, 2.05) is 13.8 Å². The number of aliphatic hydroxyl groups excluding tert-OH is 1. The van der Waals surface area contributed by atoms with Gasteiger partial charge in [0.15, 0.2) is 0 Å². The molecule has 0 amide bonds. The Morgan fingerprint density at radius 2 is 2.36 bits per heavy atom. The van der Waals surface area contributed by atoms with Gasteiger partial charge in [-0.2, -0.15) is 0 Å². The van der Waals surface area contributed by atoms with Crippen LogP contribution in [0.15, 0.2) is 11.7 Å². The van der Waals surface area contributed by atoms with E-state index in [1.165, 1.54) is 11.3 Å². The van der Waals surface area contributed by atoms with Crippen molar-refractivity contribution in [2.45, 2.75) is 38.4 Å². The van der Waals surface area contributed by atoms with E-state index in [0.717, 1.165) is 11.3 Å². The quantitative estimate of drug-likeness (QED) is 0.820. The van der Waals surface area contributed by atoms with Crippen molar-refractivity contribution in [3.63, 3.8) is 0 Å². The predicted molar refractivity (Wildman–Crippen MR) is 57.4 cm³/mol. The lowest BCUT2D eigenvalue weighted by molar-refractivity contribution is 0.00308. The molecule has 0 bridgehead atoms. The van der Waals surface area contributed by atoms with Gasteiger partial charge in [-0.15, -0.1) is 11.3 Å². The summed E-state index contributed by atoms with van der Waals surface area (Å²) in [5, 5.41) is 9.78. The van der Waals surface area contributed by atoms with Gasteiger partial charge in [-0.25, -0.2) is 0 Å². The molecule has 1 aromatic rings. The average Bonchev–Trinajstić information content (AvgIpc) is 2.67. The lowest BCUT2D eigenvalue weighted by Gasteiger charge is -2.23. The van der Waals surface area contributed by atoms with E-state index in [9.17, 15) is 5.11 Å². The van der Waals surface area contributed by atoms with Crippen molar-refractivity contribution in [1.29, 1.82) is 0 Å². The van der Waals surface area contributed by atoms with Crippen LogP contribution in [0.5, 0.6) is 0 Å². The first-order valence-corrected chi connectivity index (χ1v) is 5.55. The van der Waals surface area contributed by atoms with Gasteiger partial charge < -0.3 is 9.84 Å². The first kappa shape index (κ1) is 11.6. The Morgan fingerprint density at radius 3 is 2.86 bits per heavy atom. The summed E-state index contributed by atoms with van der Waals surface area (Å²) in [5.74, 6) is 0. The zero-order valence-electron chi connectivity index (χ0n) is 8.86. The SMILES string of the molecule is COC(C)(C)CCC(O)c1cncs1. The number of aromatic nitrogens is 1. The summed E-state index contributed by atoms with van der Waals surface area (Å²) in [7, 11) is 1.69. The number of hydrogen-bond donors (Lipinski definition) is 1. The maximum Gasteiger partial charge on any atom is 0.0899 e. The lowest BCUT2D eigenvalue weighted by atomic mass is 10.00. The largest absolute Gasteiger partial charge is 0.388 e. The second-order valence-electron chi connectivity index (χ2n) is 3.92. The molecule has 1 N–H and O–H groups in total. The third-order valence-corrected chi connectivity index (χ3v) is 3.23. The summed E-state index contributed by atoms with van der Waals surface area (Å²) in [6.45, 7) is 4.04. The Balaban J connectivity index is 2.39. The summed E-state index contributed by atoms with van der Waals surface area (Å²) in [6.07, 6.45) is 2.86. The molecule has 1 heterocycles. The molecule has 0 saturated heterocycles. The molecule has 1 unspecified atom stereocenters. The fourth-order valence-corrected chi connectivity index (χ4v) is 1.76. The molecule has 0 aliphatic carbocycles. The summed E-state index contributed by atoms with van der Waals surface area (Å²) in [4.78, 5) is 4.86. The molecule has 0 aliphatic rings. The third kappa shape index (κ3) is 3.36. The second-order valence-corrected chi connectivity index (χ2v) is 4.84. The molecule has 3 nitrogen and oxygen atoms in total.